The summed E-state index contributed by atoms with van der Waals surface area (Å²) in [5.74, 6) is 0.694. The van der Waals surface area contributed by atoms with Gasteiger partial charge in [0.2, 0.25) is 11.8 Å². The fourth-order valence-corrected chi connectivity index (χ4v) is 11.9. The van der Waals surface area contributed by atoms with Crippen LogP contribution in [0.5, 0.6) is 11.8 Å². The summed E-state index contributed by atoms with van der Waals surface area (Å²) in [5.41, 5.74) is 1.01. The lowest BCUT2D eigenvalue weighted by molar-refractivity contribution is -0.179. The van der Waals surface area contributed by atoms with Crippen molar-refractivity contribution >= 4 is 42.8 Å². The van der Waals surface area contributed by atoms with Gasteiger partial charge in [0, 0.05) is 6.54 Å². The van der Waals surface area contributed by atoms with E-state index in [1.165, 1.54) is 6.33 Å². The van der Waals surface area contributed by atoms with Crippen molar-refractivity contribution in [2.24, 2.45) is 10.8 Å². The zero-order valence-corrected chi connectivity index (χ0v) is 47.6. The second kappa shape index (κ2) is 25.2. The maximum Gasteiger partial charge on any atom is 0.313 e. The molecule has 0 amide bonds. The van der Waals surface area contributed by atoms with Crippen molar-refractivity contribution in [1.82, 2.24) is 43.7 Å². The summed E-state index contributed by atoms with van der Waals surface area (Å²) in [7, 11) is -1.47. The van der Waals surface area contributed by atoms with Crippen LogP contribution in [0.1, 0.15) is 131 Å². The molecule has 1 aromatic carbocycles. The van der Waals surface area contributed by atoms with Crippen molar-refractivity contribution in [2.75, 3.05) is 33.3 Å². The minimum absolute atomic E-state index is 0.177. The molecule has 0 bridgehead atoms. The second-order valence-electron chi connectivity index (χ2n) is 21.8. The standard InChI is InChI=1S/C33H43N6O7P.C21H29N5O6/c1-7-23-26(45-47-39-17-11-15-24(39)33(6,46-47)22-13-9-8-10-14-22)27(42-20-43-31(40)32(3,4)5)30(44-23)38-19-35-25-28(38)36-21(2)37-29(25)41-18-12-16-34;1-6-13-15(27)16(30-11-31-20(28)21(3,4)5)19(32-13)26-10-23-14-17(26)24-12(2)25-18(14)29-9-7-8-22/h8-10,13-14,19,23-24,26-27,30H,7,11-12,15,17-18,20H2,1-6H3;10,13,15-16,19,27H,6-7,9,11H2,1-5H3/t23-,24+,26+,27?,30-,33-,47+;13-,15+,16?,19-/m11/s1. The van der Waals surface area contributed by atoms with Crippen LogP contribution in [0.15, 0.2) is 43.0 Å². The minimum Gasteiger partial charge on any atom is -0.475 e. The third-order valence-corrected chi connectivity index (χ3v) is 15.7. The highest BCUT2D eigenvalue weighted by Gasteiger charge is 2.58. The Balaban J connectivity index is 0.000000224. The van der Waals surface area contributed by atoms with Crippen LogP contribution >= 0.6 is 8.53 Å². The summed E-state index contributed by atoms with van der Waals surface area (Å²) in [5, 5.41) is 28.5. The Bertz CT molecular complexity index is 2990. The molecule has 0 radical (unpaired) electrons. The predicted octanol–water partition coefficient (Wildman–Crippen LogP) is 7.72. The highest BCUT2D eigenvalue weighted by atomic mass is 31.2. The van der Waals surface area contributed by atoms with E-state index >= 15 is 0 Å². The number of carbonyl (C=O) groups excluding carboxylic acids is 2. The number of aliphatic hydroxyl groups excluding tert-OH is 1. The molecule has 4 aromatic heterocycles. The highest BCUT2D eigenvalue weighted by molar-refractivity contribution is 7.45. The number of aryl methyl sites for hydroxylation is 2. The molecular weight excluding hydrogens is 1040 g/mol. The Morgan fingerprint density at radius 1 is 0.759 bits per heavy atom. The number of hydrogen-bond donors (Lipinski definition) is 1. The van der Waals surface area contributed by atoms with Gasteiger partial charge in [0.05, 0.1) is 66.7 Å². The first-order valence-electron chi connectivity index (χ1n) is 26.7. The molecule has 0 saturated carbocycles. The van der Waals surface area contributed by atoms with Crippen molar-refractivity contribution in [2.45, 2.75) is 175 Å². The molecule has 79 heavy (non-hydrogen) atoms. The largest absolute Gasteiger partial charge is 0.475 e. The molecule has 4 saturated heterocycles. The fourth-order valence-electron chi connectivity index (χ4n) is 9.72. The van der Waals surface area contributed by atoms with Crippen LogP contribution in [0.4, 0.5) is 0 Å². The monoisotopic (exact) mass is 1110 g/mol. The van der Waals surface area contributed by atoms with Gasteiger partial charge in [-0.05, 0) is 93.6 Å². The van der Waals surface area contributed by atoms with Crippen molar-refractivity contribution in [3.8, 4) is 23.9 Å². The third kappa shape index (κ3) is 12.9. The van der Waals surface area contributed by atoms with E-state index in [0.717, 1.165) is 24.9 Å². The number of fused-ring (bicyclic) bond motifs is 3. The van der Waals surface area contributed by atoms with Gasteiger partial charge in [-0.25, -0.2) is 24.6 Å². The number of nitriles is 2. The SMILES string of the molecule is CC[C@H]1O[C@@H](n2cnc3c(OCCC#N)nc(C)nc32)C(OCOC(=O)C(C)(C)C)[C@H]1O.CC[C@H]1O[C@@H](n2cnc3c(OCCC#N)nc(C)nc32)C(OCOC(=O)C(C)(C)C)[C@H]1O[P@@]1O[C@](C)(c2ccccc2)[C@@H]2CCCN21. The minimum atomic E-state index is -1.47. The number of aliphatic hydroxyl groups is 1. The van der Waals surface area contributed by atoms with Crippen LogP contribution in [-0.2, 0) is 52.7 Å². The van der Waals surface area contributed by atoms with Crippen LogP contribution in [0, 0.1) is 47.3 Å². The molecule has 4 aliphatic heterocycles. The highest BCUT2D eigenvalue weighted by Crippen LogP contribution is 2.64. The van der Waals surface area contributed by atoms with E-state index in [2.05, 4.69) is 59.7 Å². The number of nitrogens with zero attached hydrogens (tertiary/aromatic N) is 11. The first-order chi connectivity index (χ1) is 37.7. The zero-order chi connectivity index (χ0) is 56.8. The van der Waals surface area contributed by atoms with E-state index in [1.807, 2.05) is 38.1 Å². The summed E-state index contributed by atoms with van der Waals surface area (Å²) in [4.78, 5) is 51.5. The lowest BCUT2D eigenvalue weighted by atomic mass is 9.87. The van der Waals surface area contributed by atoms with E-state index in [9.17, 15) is 14.7 Å². The molecular formula is C54H72N11O13P. The van der Waals surface area contributed by atoms with E-state index in [1.54, 1.807) is 70.9 Å². The fraction of sp³-hybridized carbons (Fsp3) is 0.630. The number of carbonyl (C=O) groups is 2. The predicted molar refractivity (Wildman–Crippen MR) is 283 cm³/mol. The van der Waals surface area contributed by atoms with Crippen LogP contribution in [-0.4, -0.2) is 137 Å². The van der Waals surface area contributed by atoms with Crippen LogP contribution in [0.3, 0.4) is 0 Å². The molecule has 11 atom stereocenters. The quantitative estimate of drug-likeness (QED) is 0.0358. The molecule has 25 heteroatoms. The molecule has 426 valence electrons. The molecule has 0 aliphatic carbocycles. The van der Waals surface area contributed by atoms with Crippen LogP contribution < -0.4 is 9.47 Å². The molecule has 9 rings (SSSR count). The molecule has 24 nitrogen and oxygen atoms in total. The van der Waals surface area contributed by atoms with Crippen molar-refractivity contribution in [1.29, 1.82) is 10.5 Å². The molecule has 4 fully saturated rings. The first kappa shape index (κ1) is 59.1. The Hall–Kier alpha value is -6.05. The number of esters is 2. The number of rotatable bonds is 19. The van der Waals surface area contributed by atoms with Gasteiger partial charge in [-0.2, -0.15) is 20.5 Å². The number of ether oxygens (including phenoxy) is 8. The number of benzene rings is 1. The van der Waals surface area contributed by atoms with E-state index in [-0.39, 0.29) is 63.6 Å². The Labute approximate surface area is 460 Å². The molecule has 2 unspecified atom stereocenters. The molecule has 5 aromatic rings. The lowest BCUT2D eigenvalue weighted by Crippen LogP contribution is -2.38. The molecule has 1 N–H and O–H groups in total. The lowest BCUT2D eigenvalue weighted by Gasteiger charge is -2.30. The number of hydrogen-bond acceptors (Lipinski definition) is 22. The van der Waals surface area contributed by atoms with Gasteiger partial charge in [-0.3, -0.25) is 18.7 Å². The van der Waals surface area contributed by atoms with Gasteiger partial charge < -0.3 is 52.0 Å². The maximum atomic E-state index is 12.7. The smallest absolute Gasteiger partial charge is 0.313 e. The van der Waals surface area contributed by atoms with Gasteiger partial charge in [-0.15, -0.1) is 0 Å². The first-order valence-corrected chi connectivity index (χ1v) is 27.8. The summed E-state index contributed by atoms with van der Waals surface area (Å²) >= 11 is 0. The number of imidazole rings is 2. The second-order valence-corrected chi connectivity index (χ2v) is 23.2. The van der Waals surface area contributed by atoms with Crippen molar-refractivity contribution < 1.29 is 61.6 Å². The van der Waals surface area contributed by atoms with Gasteiger partial charge in [0.25, 0.3) is 8.53 Å². The topological polar surface area (TPSA) is 285 Å². The van der Waals surface area contributed by atoms with Crippen LogP contribution in [0.25, 0.3) is 22.3 Å². The molecule has 0 spiro atoms. The average Bonchev–Trinajstić information content (AvgIpc) is 4.45. The summed E-state index contributed by atoms with van der Waals surface area (Å²) in [6.07, 6.45) is 1.47. The van der Waals surface area contributed by atoms with Gasteiger partial charge in [0.1, 0.15) is 54.9 Å². The summed E-state index contributed by atoms with van der Waals surface area (Å²) in [6, 6.07) is 14.6. The van der Waals surface area contributed by atoms with Gasteiger partial charge in [0.15, 0.2) is 48.4 Å². The maximum absolute atomic E-state index is 12.7. The Kier molecular flexibility index (Phi) is 18.8. The summed E-state index contributed by atoms with van der Waals surface area (Å²) < 4.78 is 66.6. The average molecular weight is 1110 g/mol. The third-order valence-electron chi connectivity index (χ3n) is 13.9. The van der Waals surface area contributed by atoms with Crippen molar-refractivity contribution in [3.05, 3.63) is 60.2 Å². The zero-order valence-electron chi connectivity index (χ0n) is 46.7. The van der Waals surface area contributed by atoms with Gasteiger partial charge >= 0.3 is 11.9 Å². The van der Waals surface area contributed by atoms with Crippen LogP contribution in [0.2, 0.25) is 0 Å². The molecule has 8 heterocycles. The molecule has 4 aliphatic rings. The van der Waals surface area contributed by atoms with Gasteiger partial charge in [-0.1, -0.05) is 44.2 Å². The van der Waals surface area contributed by atoms with E-state index < -0.39 is 73.9 Å². The van der Waals surface area contributed by atoms with E-state index in [0.29, 0.717) is 52.7 Å². The number of aromatic nitrogens is 8. The van der Waals surface area contributed by atoms with E-state index in [4.69, 9.17) is 57.5 Å². The summed E-state index contributed by atoms with van der Waals surface area (Å²) in [6.45, 7) is 20.8. The Morgan fingerprint density at radius 2 is 1.27 bits per heavy atom. The normalized spacial score (nSPS) is 26.8. The Morgan fingerprint density at radius 3 is 1.77 bits per heavy atom. The van der Waals surface area contributed by atoms with Crippen molar-refractivity contribution in [3.63, 3.8) is 0 Å².